The van der Waals surface area contributed by atoms with E-state index in [0.717, 1.165) is 5.69 Å². The monoisotopic (exact) mass is 139 g/mol. The lowest BCUT2D eigenvalue weighted by Gasteiger charge is -1.95. The minimum absolute atomic E-state index is 0.303. The van der Waals surface area contributed by atoms with Crippen molar-refractivity contribution in [2.75, 3.05) is 6.61 Å². The highest BCUT2D eigenvalue weighted by Crippen LogP contribution is 1.93. The van der Waals surface area contributed by atoms with Crippen molar-refractivity contribution in [3.05, 3.63) is 30.1 Å². The topological polar surface area (TPSA) is 42.4 Å². The van der Waals surface area contributed by atoms with Crippen molar-refractivity contribution in [2.24, 2.45) is 0 Å². The minimum Gasteiger partial charge on any atom is -0.261 e. The highest BCUT2D eigenvalue weighted by Gasteiger charge is 1.90. The highest BCUT2D eigenvalue weighted by molar-refractivity contribution is 5.03. The molecule has 0 saturated heterocycles. The predicted molar refractivity (Wildman–Crippen MR) is 36.5 cm³/mol. The van der Waals surface area contributed by atoms with Crippen LogP contribution in [0.2, 0.25) is 0 Å². The molecule has 0 aliphatic carbocycles. The summed E-state index contributed by atoms with van der Waals surface area (Å²) in [6, 6.07) is 5.64. The summed E-state index contributed by atoms with van der Waals surface area (Å²) >= 11 is 0. The van der Waals surface area contributed by atoms with Gasteiger partial charge < -0.3 is 0 Å². The van der Waals surface area contributed by atoms with Gasteiger partial charge in [-0.3, -0.25) is 10.2 Å². The van der Waals surface area contributed by atoms with Crippen molar-refractivity contribution in [3.63, 3.8) is 0 Å². The van der Waals surface area contributed by atoms with E-state index in [4.69, 9.17) is 5.26 Å². The maximum absolute atomic E-state index is 8.00. The van der Waals surface area contributed by atoms with Gasteiger partial charge in [0.2, 0.25) is 0 Å². The van der Waals surface area contributed by atoms with Gasteiger partial charge in [0.15, 0.2) is 0 Å². The number of hydrogen-bond donors (Lipinski definition) is 1. The van der Waals surface area contributed by atoms with Gasteiger partial charge in [-0.15, -0.1) is 0 Å². The lowest BCUT2D eigenvalue weighted by Crippen LogP contribution is -1.96. The largest absolute Gasteiger partial charge is 0.261 e. The molecular weight excluding hydrogens is 130 g/mol. The number of nitrogens with zero attached hydrogens (tertiary/aromatic N) is 1. The van der Waals surface area contributed by atoms with Crippen molar-refractivity contribution < 1.29 is 10.1 Å². The van der Waals surface area contributed by atoms with Crippen LogP contribution < -0.4 is 0 Å². The normalized spacial score (nSPS) is 9.70. The zero-order valence-electron chi connectivity index (χ0n) is 5.53. The molecule has 0 aliphatic heterocycles. The molecule has 0 bridgehead atoms. The average Bonchev–Trinajstić information content (AvgIpc) is 2.03. The van der Waals surface area contributed by atoms with Gasteiger partial charge in [-0.25, -0.2) is 4.89 Å². The Hall–Kier alpha value is -0.930. The van der Waals surface area contributed by atoms with Gasteiger partial charge in [-0.2, -0.15) is 0 Å². The Kier molecular flexibility index (Phi) is 2.86. The van der Waals surface area contributed by atoms with E-state index in [1.165, 1.54) is 0 Å². The molecule has 0 saturated carbocycles. The average molecular weight is 139 g/mol. The molecule has 0 radical (unpaired) electrons. The molecule has 0 amide bonds. The van der Waals surface area contributed by atoms with Crippen molar-refractivity contribution in [1.82, 2.24) is 4.98 Å². The molecule has 54 valence electrons. The van der Waals surface area contributed by atoms with Gasteiger partial charge in [0.05, 0.1) is 6.61 Å². The fraction of sp³-hybridized carbons (Fsp3) is 0.286. The third kappa shape index (κ3) is 2.13. The van der Waals surface area contributed by atoms with Crippen LogP contribution in [-0.4, -0.2) is 16.8 Å². The van der Waals surface area contributed by atoms with E-state index in [9.17, 15) is 0 Å². The SMILES string of the molecule is OOCCc1ccccn1. The molecule has 0 fully saturated rings. The third-order valence-corrected chi connectivity index (χ3v) is 1.18. The summed E-state index contributed by atoms with van der Waals surface area (Å²) in [5.41, 5.74) is 0.927. The second-order valence-electron chi connectivity index (χ2n) is 1.90. The highest BCUT2D eigenvalue weighted by atomic mass is 17.1. The van der Waals surface area contributed by atoms with Crippen molar-refractivity contribution in [2.45, 2.75) is 6.42 Å². The number of rotatable bonds is 3. The van der Waals surface area contributed by atoms with Crippen molar-refractivity contribution in [3.8, 4) is 0 Å². The predicted octanol–water partition coefficient (Wildman–Crippen LogP) is 1.11. The zero-order chi connectivity index (χ0) is 7.23. The van der Waals surface area contributed by atoms with E-state index in [1.807, 2.05) is 18.2 Å². The van der Waals surface area contributed by atoms with Crippen LogP contribution in [0.15, 0.2) is 24.4 Å². The molecule has 3 heteroatoms. The molecule has 0 unspecified atom stereocenters. The quantitative estimate of drug-likeness (QED) is 0.504. The Morgan fingerprint density at radius 1 is 1.50 bits per heavy atom. The summed E-state index contributed by atoms with van der Waals surface area (Å²) in [6.07, 6.45) is 2.37. The fourth-order valence-electron chi connectivity index (χ4n) is 0.696. The Morgan fingerprint density at radius 2 is 2.40 bits per heavy atom. The second-order valence-corrected chi connectivity index (χ2v) is 1.90. The lowest BCUT2D eigenvalue weighted by atomic mass is 10.3. The molecule has 1 aromatic heterocycles. The van der Waals surface area contributed by atoms with Gasteiger partial charge in [0.1, 0.15) is 0 Å². The molecule has 10 heavy (non-hydrogen) atoms. The van der Waals surface area contributed by atoms with Gasteiger partial charge in [-0.05, 0) is 12.1 Å². The van der Waals surface area contributed by atoms with Gasteiger partial charge in [0, 0.05) is 18.3 Å². The summed E-state index contributed by atoms with van der Waals surface area (Å²) in [6.45, 7) is 0.303. The molecular formula is C7H9NO2. The van der Waals surface area contributed by atoms with E-state index in [0.29, 0.717) is 13.0 Å². The van der Waals surface area contributed by atoms with E-state index in [2.05, 4.69) is 9.87 Å². The first-order valence-corrected chi connectivity index (χ1v) is 3.10. The molecule has 0 aliphatic rings. The van der Waals surface area contributed by atoms with Crippen LogP contribution in [0.4, 0.5) is 0 Å². The molecule has 0 aromatic carbocycles. The maximum Gasteiger partial charge on any atom is 0.0875 e. The van der Waals surface area contributed by atoms with E-state index >= 15 is 0 Å². The van der Waals surface area contributed by atoms with Gasteiger partial charge in [0.25, 0.3) is 0 Å². The van der Waals surface area contributed by atoms with Crippen LogP contribution in [0.25, 0.3) is 0 Å². The summed E-state index contributed by atoms with van der Waals surface area (Å²) in [7, 11) is 0. The summed E-state index contributed by atoms with van der Waals surface area (Å²) in [4.78, 5) is 7.93. The first-order valence-electron chi connectivity index (χ1n) is 3.10. The molecule has 0 spiro atoms. The molecule has 3 nitrogen and oxygen atoms in total. The summed E-state index contributed by atoms with van der Waals surface area (Å²) < 4.78 is 0. The smallest absolute Gasteiger partial charge is 0.0875 e. The van der Waals surface area contributed by atoms with Gasteiger partial charge in [-0.1, -0.05) is 6.07 Å². The molecule has 1 rings (SSSR count). The Morgan fingerprint density at radius 3 is 3.00 bits per heavy atom. The lowest BCUT2D eigenvalue weighted by molar-refractivity contribution is -0.241. The van der Waals surface area contributed by atoms with E-state index in [-0.39, 0.29) is 0 Å². The number of hydrogen-bond acceptors (Lipinski definition) is 3. The van der Waals surface area contributed by atoms with E-state index < -0.39 is 0 Å². The van der Waals surface area contributed by atoms with Crippen molar-refractivity contribution >= 4 is 0 Å². The maximum atomic E-state index is 8.00. The van der Waals surface area contributed by atoms with Crippen LogP contribution in [-0.2, 0) is 11.3 Å². The Bertz CT molecular complexity index is 176. The first-order chi connectivity index (χ1) is 4.93. The molecule has 1 aromatic rings. The van der Waals surface area contributed by atoms with Gasteiger partial charge >= 0.3 is 0 Å². The third-order valence-electron chi connectivity index (χ3n) is 1.18. The number of aromatic nitrogens is 1. The summed E-state index contributed by atoms with van der Waals surface area (Å²) in [5.74, 6) is 0. The molecule has 1 N–H and O–H groups in total. The Balaban J connectivity index is 2.43. The van der Waals surface area contributed by atoms with Crippen LogP contribution >= 0.6 is 0 Å². The summed E-state index contributed by atoms with van der Waals surface area (Å²) in [5, 5.41) is 8.00. The standard InChI is InChI=1S/C7H9NO2/c9-10-6-4-7-3-1-2-5-8-7/h1-3,5,9H,4,6H2. The van der Waals surface area contributed by atoms with Crippen LogP contribution in [0, 0.1) is 0 Å². The first kappa shape index (κ1) is 7.18. The molecule has 0 atom stereocenters. The Labute approximate surface area is 59.2 Å². The second kappa shape index (κ2) is 3.98. The number of pyridine rings is 1. The minimum atomic E-state index is 0.303. The van der Waals surface area contributed by atoms with Crippen LogP contribution in [0.5, 0.6) is 0 Å². The zero-order valence-corrected chi connectivity index (χ0v) is 5.53. The van der Waals surface area contributed by atoms with E-state index in [1.54, 1.807) is 6.20 Å². The van der Waals surface area contributed by atoms with Crippen molar-refractivity contribution in [1.29, 1.82) is 0 Å². The van der Waals surface area contributed by atoms with Crippen LogP contribution in [0.1, 0.15) is 5.69 Å². The van der Waals surface area contributed by atoms with Crippen LogP contribution in [0.3, 0.4) is 0 Å². The molecule has 1 heterocycles. The fourth-order valence-corrected chi connectivity index (χ4v) is 0.696.